The Bertz CT molecular complexity index is 670. The van der Waals surface area contributed by atoms with E-state index in [9.17, 15) is 27.7 Å². The molecule has 0 atom stereocenters. The Morgan fingerprint density at radius 2 is 2.00 bits per heavy atom. The van der Waals surface area contributed by atoms with Crippen LogP contribution in [0.5, 0.6) is 0 Å². The van der Waals surface area contributed by atoms with Crippen molar-refractivity contribution in [2.45, 2.75) is 24.3 Å². The minimum Gasteiger partial charge on any atom is -0.480 e. The lowest BCUT2D eigenvalue weighted by Crippen LogP contribution is -2.49. The first-order valence-electron chi connectivity index (χ1n) is 5.19. The van der Waals surface area contributed by atoms with Crippen molar-refractivity contribution in [3.63, 3.8) is 0 Å². The van der Waals surface area contributed by atoms with Crippen LogP contribution >= 0.6 is 0 Å². The molecule has 0 aromatic heterocycles. The monoisotopic (exact) mass is 306 g/mol. The molecular weight excluding hydrogens is 295 g/mol. The number of nitro groups is 1. The number of benzene rings is 1. The molecule has 1 aromatic carbocycles. The number of carbonyl (C=O) groups is 1. The number of para-hydroxylation sites is 1. The summed E-state index contributed by atoms with van der Waals surface area (Å²) in [6.45, 7) is 2.11. The molecule has 0 spiro atoms. The van der Waals surface area contributed by atoms with Gasteiger partial charge in [0.25, 0.3) is 0 Å². The Morgan fingerprint density at radius 3 is 2.45 bits per heavy atom. The molecule has 0 bridgehead atoms. The van der Waals surface area contributed by atoms with Gasteiger partial charge in [-0.1, -0.05) is 6.07 Å². The van der Waals surface area contributed by atoms with E-state index in [1.54, 1.807) is 4.72 Å². The first kappa shape index (κ1) is 16.0. The topological polar surface area (TPSA) is 127 Å². The Hall–Kier alpha value is -2.07. The third-order valence-electron chi connectivity index (χ3n) is 2.35. The van der Waals surface area contributed by atoms with Crippen LogP contribution in [0.4, 0.5) is 10.1 Å². The second-order valence-corrected chi connectivity index (χ2v) is 6.03. The van der Waals surface area contributed by atoms with Crippen molar-refractivity contribution >= 4 is 21.7 Å². The zero-order valence-electron chi connectivity index (χ0n) is 10.5. The number of carboxylic acids is 1. The van der Waals surface area contributed by atoms with E-state index in [1.165, 1.54) is 0 Å². The molecule has 8 nitrogen and oxygen atoms in total. The van der Waals surface area contributed by atoms with Crippen LogP contribution in [0.1, 0.15) is 13.8 Å². The quantitative estimate of drug-likeness (QED) is 0.614. The molecule has 1 rings (SSSR count). The van der Waals surface area contributed by atoms with Gasteiger partial charge in [-0.3, -0.25) is 14.9 Å². The molecule has 0 amide bonds. The van der Waals surface area contributed by atoms with Crippen molar-refractivity contribution in [2.24, 2.45) is 0 Å². The summed E-state index contributed by atoms with van der Waals surface area (Å²) in [6, 6.07) is 2.53. The average molecular weight is 306 g/mol. The molecule has 0 radical (unpaired) electrons. The van der Waals surface area contributed by atoms with Gasteiger partial charge in [-0.15, -0.1) is 0 Å². The Kier molecular flexibility index (Phi) is 4.10. The third-order valence-corrected chi connectivity index (χ3v) is 4.03. The maximum absolute atomic E-state index is 13.4. The minimum atomic E-state index is -4.57. The zero-order valence-corrected chi connectivity index (χ0v) is 11.3. The summed E-state index contributed by atoms with van der Waals surface area (Å²) in [6.07, 6.45) is 0. The predicted molar refractivity (Wildman–Crippen MR) is 65.1 cm³/mol. The Labute approximate surface area is 113 Å². The van der Waals surface area contributed by atoms with Crippen molar-refractivity contribution in [3.05, 3.63) is 34.1 Å². The molecule has 0 fully saturated rings. The van der Waals surface area contributed by atoms with Crippen LogP contribution in [0.3, 0.4) is 0 Å². The number of nitrogens with zero attached hydrogens (tertiary/aromatic N) is 1. The number of rotatable bonds is 5. The fourth-order valence-electron chi connectivity index (χ4n) is 1.32. The zero-order chi connectivity index (χ0) is 15.7. The lowest BCUT2D eigenvalue weighted by atomic mass is 10.1. The first-order valence-corrected chi connectivity index (χ1v) is 6.67. The van der Waals surface area contributed by atoms with Crippen LogP contribution in [0.25, 0.3) is 0 Å². The third kappa shape index (κ3) is 3.08. The van der Waals surface area contributed by atoms with Crippen molar-refractivity contribution in [1.82, 2.24) is 4.72 Å². The molecular formula is C10H11FN2O6S. The highest BCUT2D eigenvalue weighted by Gasteiger charge is 2.37. The second kappa shape index (κ2) is 5.13. The number of hydrogen-bond acceptors (Lipinski definition) is 5. The molecule has 0 unspecified atom stereocenters. The van der Waals surface area contributed by atoms with Gasteiger partial charge in [0.05, 0.1) is 4.92 Å². The minimum absolute atomic E-state index is 0.736. The molecule has 0 heterocycles. The highest BCUT2D eigenvalue weighted by molar-refractivity contribution is 7.89. The van der Waals surface area contributed by atoms with Crippen molar-refractivity contribution in [1.29, 1.82) is 0 Å². The van der Waals surface area contributed by atoms with Crippen LogP contribution in [0.15, 0.2) is 23.1 Å². The van der Waals surface area contributed by atoms with Crippen LogP contribution in [0, 0.1) is 15.9 Å². The molecule has 20 heavy (non-hydrogen) atoms. The molecule has 110 valence electrons. The number of carboxylic acid groups (broad SMARTS) is 1. The van der Waals surface area contributed by atoms with E-state index in [2.05, 4.69) is 0 Å². The maximum Gasteiger partial charge on any atom is 0.324 e. The smallest absolute Gasteiger partial charge is 0.324 e. The van der Waals surface area contributed by atoms with Gasteiger partial charge >= 0.3 is 11.7 Å². The number of hydrogen-bond donors (Lipinski definition) is 2. The fourth-order valence-corrected chi connectivity index (χ4v) is 2.88. The van der Waals surface area contributed by atoms with E-state index >= 15 is 0 Å². The van der Waals surface area contributed by atoms with Gasteiger partial charge < -0.3 is 5.11 Å². The molecule has 0 saturated heterocycles. The highest BCUT2D eigenvalue weighted by atomic mass is 32.2. The van der Waals surface area contributed by atoms with Gasteiger partial charge in [-0.05, 0) is 26.0 Å². The van der Waals surface area contributed by atoms with E-state index in [4.69, 9.17) is 5.11 Å². The first-order chi connectivity index (χ1) is 8.99. The molecule has 0 aliphatic carbocycles. The van der Waals surface area contributed by atoms with Gasteiger partial charge in [0.15, 0.2) is 4.90 Å². The predicted octanol–water partition coefficient (Wildman–Crippen LogP) is 0.875. The number of aliphatic carboxylic acids is 1. The van der Waals surface area contributed by atoms with Crippen molar-refractivity contribution in [2.75, 3.05) is 0 Å². The average Bonchev–Trinajstić information content (AvgIpc) is 2.26. The summed E-state index contributed by atoms with van der Waals surface area (Å²) in [4.78, 5) is 19.5. The largest absolute Gasteiger partial charge is 0.480 e. The van der Waals surface area contributed by atoms with Crippen LogP contribution in [-0.2, 0) is 14.8 Å². The normalized spacial score (nSPS) is 12.2. The summed E-state index contributed by atoms with van der Waals surface area (Å²) >= 11 is 0. The standard InChI is InChI=1S/C10H11FN2O6S/c1-10(2,9(14)15)12-20(18,19)7-5-3-4-6(11)8(7)13(16)17/h3-5,12H,1-2H3,(H,14,15). The van der Waals surface area contributed by atoms with E-state index in [-0.39, 0.29) is 0 Å². The molecule has 0 aliphatic heterocycles. The summed E-state index contributed by atoms with van der Waals surface area (Å²) in [5.41, 5.74) is -3.14. The van der Waals surface area contributed by atoms with Gasteiger partial charge in [0.1, 0.15) is 5.54 Å². The van der Waals surface area contributed by atoms with E-state index in [0.29, 0.717) is 0 Å². The molecule has 0 saturated carbocycles. The maximum atomic E-state index is 13.4. The van der Waals surface area contributed by atoms with Crippen LogP contribution in [0.2, 0.25) is 0 Å². The summed E-state index contributed by atoms with van der Waals surface area (Å²) in [5.74, 6) is -2.81. The summed E-state index contributed by atoms with van der Waals surface area (Å²) in [7, 11) is -4.57. The Balaban J connectivity index is 3.42. The van der Waals surface area contributed by atoms with Crippen molar-refractivity contribution in [3.8, 4) is 0 Å². The van der Waals surface area contributed by atoms with Crippen LogP contribution < -0.4 is 4.72 Å². The van der Waals surface area contributed by atoms with Crippen molar-refractivity contribution < 1.29 is 27.6 Å². The van der Waals surface area contributed by atoms with Crippen LogP contribution in [-0.4, -0.2) is 30.0 Å². The lowest BCUT2D eigenvalue weighted by molar-refractivity contribution is -0.390. The second-order valence-electron chi connectivity index (χ2n) is 4.38. The SMILES string of the molecule is CC(C)(NS(=O)(=O)c1cccc(F)c1[N+](=O)[O-])C(=O)O. The summed E-state index contributed by atoms with van der Waals surface area (Å²) in [5, 5.41) is 19.6. The number of nitrogens with one attached hydrogen (secondary N) is 1. The molecule has 0 aliphatic rings. The van der Waals surface area contributed by atoms with E-state index < -0.39 is 42.9 Å². The van der Waals surface area contributed by atoms with E-state index in [0.717, 1.165) is 32.0 Å². The molecule has 2 N–H and O–H groups in total. The van der Waals surface area contributed by atoms with Gasteiger partial charge in [-0.25, -0.2) is 8.42 Å². The fraction of sp³-hybridized carbons (Fsp3) is 0.300. The molecule has 1 aromatic rings. The molecule has 10 heteroatoms. The highest BCUT2D eigenvalue weighted by Crippen LogP contribution is 2.27. The van der Waals surface area contributed by atoms with Gasteiger partial charge in [-0.2, -0.15) is 9.11 Å². The Morgan fingerprint density at radius 1 is 1.45 bits per heavy atom. The van der Waals surface area contributed by atoms with Gasteiger partial charge in [0.2, 0.25) is 15.8 Å². The number of nitro benzene ring substituents is 1. The van der Waals surface area contributed by atoms with Gasteiger partial charge in [0, 0.05) is 0 Å². The number of halogens is 1. The summed E-state index contributed by atoms with van der Waals surface area (Å²) < 4.78 is 39.1. The van der Waals surface area contributed by atoms with E-state index in [1.807, 2.05) is 0 Å². The number of sulfonamides is 1. The lowest BCUT2D eigenvalue weighted by Gasteiger charge is -2.20.